The van der Waals surface area contributed by atoms with Crippen LogP contribution in [0.5, 0.6) is 0 Å². The minimum Gasteiger partial charge on any atom is -0.369 e. The first kappa shape index (κ1) is 17.6. The van der Waals surface area contributed by atoms with Gasteiger partial charge < -0.3 is 5.32 Å². The number of anilines is 1. The van der Waals surface area contributed by atoms with Crippen LogP contribution in [0.15, 0.2) is 47.1 Å². The second-order valence-electron chi connectivity index (χ2n) is 6.32. The molecule has 0 radical (unpaired) electrons. The highest BCUT2D eigenvalue weighted by molar-refractivity contribution is 9.10. The van der Waals surface area contributed by atoms with Gasteiger partial charge in [-0.2, -0.15) is 5.10 Å². The Kier molecular flexibility index (Phi) is 5.05. The van der Waals surface area contributed by atoms with Gasteiger partial charge in [-0.3, -0.25) is 4.98 Å². The van der Waals surface area contributed by atoms with Crippen LogP contribution >= 0.6 is 27.7 Å². The average molecular weight is 429 g/mol. The van der Waals surface area contributed by atoms with Gasteiger partial charge in [-0.05, 0) is 49.2 Å². The van der Waals surface area contributed by atoms with Crippen molar-refractivity contribution in [2.24, 2.45) is 0 Å². The first-order valence-electron chi connectivity index (χ1n) is 8.82. The van der Waals surface area contributed by atoms with E-state index in [1.54, 1.807) is 0 Å². The molecule has 1 unspecified atom stereocenters. The van der Waals surface area contributed by atoms with Crippen molar-refractivity contribution in [3.63, 3.8) is 0 Å². The summed E-state index contributed by atoms with van der Waals surface area (Å²) in [5, 5.41) is 8.76. The van der Waals surface area contributed by atoms with E-state index >= 15 is 0 Å². The fourth-order valence-electron chi connectivity index (χ4n) is 3.44. The van der Waals surface area contributed by atoms with Gasteiger partial charge in [0.1, 0.15) is 11.5 Å². The quantitative estimate of drug-likeness (QED) is 0.615. The van der Waals surface area contributed by atoms with Crippen LogP contribution in [0.3, 0.4) is 0 Å². The highest BCUT2D eigenvalue weighted by atomic mass is 79.9. The molecule has 6 heteroatoms. The molecule has 0 aliphatic carbocycles. The Morgan fingerprint density at radius 2 is 2.19 bits per heavy atom. The van der Waals surface area contributed by atoms with Crippen LogP contribution in [0.4, 0.5) is 5.82 Å². The molecule has 1 N–H and O–H groups in total. The summed E-state index contributed by atoms with van der Waals surface area (Å²) in [7, 11) is 0. The van der Waals surface area contributed by atoms with Gasteiger partial charge in [-0.1, -0.05) is 28.1 Å². The monoisotopic (exact) mass is 428 g/mol. The second-order valence-corrected chi connectivity index (χ2v) is 8.45. The summed E-state index contributed by atoms with van der Waals surface area (Å²) in [6, 6.07) is 12.6. The third-order valence-electron chi connectivity index (χ3n) is 4.65. The van der Waals surface area contributed by atoms with Crippen molar-refractivity contribution in [1.82, 2.24) is 14.8 Å². The molecule has 1 atom stereocenters. The molecule has 1 aliphatic heterocycles. The minimum absolute atomic E-state index is 0.241. The number of hydrogen-bond acceptors (Lipinski definition) is 4. The van der Waals surface area contributed by atoms with E-state index in [1.165, 1.54) is 16.7 Å². The van der Waals surface area contributed by atoms with E-state index in [0.717, 1.165) is 40.5 Å². The van der Waals surface area contributed by atoms with Crippen LogP contribution in [-0.2, 0) is 6.54 Å². The van der Waals surface area contributed by atoms with E-state index in [1.807, 2.05) is 36.2 Å². The lowest BCUT2D eigenvalue weighted by molar-refractivity contribution is 0.666. The Hall–Kier alpha value is -1.79. The van der Waals surface area contributed by atoms with Crippen molar-refractivity contribution in [3.05, 3.63) is 63.8 Å². The van der Waals surface area contributed by atoms with Crippen LogP contribution in [0.1, 0.15) is 28.9 Å². The lowest BCUT2D eigenvalue weighted by atomic mass is 9.98. The van der Waals surface area contributed by atoms with Gasteiger partial charge in [0.25, 0.3) is 0 Å². The Morgan fingerprint density at radius 3 is 2.92 bits per heavy atom. The van der Waals surface area contributed by atoms with E-state index in [2.05, 4.69) is 63.0 Å². The topological polar surface area (TPSA) is 42.7 Å². The molecule has 1 aliphatic rings. The van der Waals surface area contributed by atoms with E-state index in [-0.39, 0.29) is 5.25 Å². The summed E-state index contributed by atoms with van der Waals surface area (Å²) in [5.41, 5.74) is 5.80. The highest BCUT2D eigenvalue weighted by Gasteiger charge is 2.30. The number of aryl methyl sites for hydroxylation is 2. The normalized spacial score (nSPS) is 16.7. The molecule has 2 aromatic heterocycles. The number of halogens is 1. The van der Waals surface area contributed by atoms with Crippen LogP contribution in [-0.4, -0.2) is 27.1 Å². The van der Waals surface area contributed by atoms with Crippen molar-refractivity contribution in [2.75, 3.05) is 17.6 Å². The fraction of sp³-hybridized carbons (Fsp3) is 0.300. The van der Waals surface area contributed by atoms with Crippen LogP contribution in [0.25, 0.3) is 11.4 Å². The van der Waals surface area contributed by atoms with Gasteiger partial charge in [0.2, 0.25) is 0 Å². The van der Waals surface area contributed by atoms with E-state index < -0.39 is 0 Å². The first-order valence-corrected chi connectivity index (χ1v) is 10.7. The molecule has 0 amide bonds. The fourth-order valence-corrected chi connectivity index (χ4v) is 5.20. The molecular weight excluding hydrogens is 408 g/mol. The summed E-state index contributed by atoms with van der Waals surface area (Å²) in [6.07, 6.45) is 1.84. The van der Waals surface area contributed by atoms with Gasteiger partial charge in [-0.15, -0.1) is 11.8 Å². The van der Waals surface area contributed by atoms with Crippen molar-refractivity contribution in [3.8, 4) is 11.4 Å². The molecule has 0 spiro atoms. The Labute approximate surface area is 166 Å². The zero-order valence-electron chi connectivity index (χ0n) is 14.9. The maximum atomic E-state index is 4.91. The summed E-state index contributed by atoms with van der Waals surface area (Å²) < 4.78 is 3.19. The van der Waals surface area contributed by atoms with Crippen molar-refractivity contribution >= 4 is 33.5 Å². The smallest absolute Gasteiger partial charge is 0.129 e. The Morgan fingerprint density at radius 1 is 1.31 bits per heavy atom. The molecule has 4 rings (SSSR count). The molecule has 3 heterocycles. The summed E-state index contributed by atoms with van der Waals surface area (Å²) in [6.45, 7) is 6.09. The van der Waals surface area contributed by atoms with Gasteiger partial charge >= 0.3 is 0 Å². The summed E-state index contributed by atoms with van der Waals surface area (Å²) in [5.74, 6) is 2.19. The van der Waals surface area contributed by atoms with E-state index in [9.17, 15) is 0 Å². The van der Waals surface area contributed by atoms with Gasteiger partial charge in [-0.25, -0.2) is 4.68 Å². The maximum Gasteiger partial charge on any atom is 0.129 e. The number of nitrogens with zero attached hydrogens (tertiary/aromatic N) is 3. The van der Waals surface area contributed by atoms with Gasteiger partial charge in [0.05, 0.1) is 10.9 Å². The number of thioether (sulfide) groups is 1. The lowest BCUT2D eigenvalue weighted by Gasteiger charge is -2.19. The highest BCUT2D eigenvalue weighted by Crippen LogP contribution is 2.46. The molecule has 0 fully saturated rings. The average Bonchev–Trinajstić information content (AvgIpc) is 2.88. The lowest BCUT2D eigenvalue weighted by Crippen LogP contribution is -2.08. The third kappa shape index (κ3) is 3.16. The first-order chi connectivity index (χ1) is 12.7. The standard InChI is InChI=1S/C20H21BrN4S/c1-3-25-20-17(18(24-25)16-6-4-5-9-22-16)19(26-11-10-23-20)15-8-7-14(21)12-13(15)2/h4-9,12,19,23H,3,10-11H2,1-2H3. The molecule has 1 aromatic carbocycles. The minimum atomic E-state index is 0.241. The summed E-state index contributed by atoms with van der Waals surface area (Å²) >= 11 is 5.56. The zero-order valence-corrected chi connectivity index (χ0v) is 17.3. The van der Waals surface area contributed by atoms with Crippen molar-refractivity contribution in [2.45, 2.75) is 25.6 Å². The summed E-state index contributed by atoms with van der Waals surface area (Å²) in [4.78, 5) is 4.58. The molecule has 134 valence electrons. The third-order valence-corrected chi connectivity index (χ3v) is 6.41. The number of rotatable bonds is 3. The molecule has 0 saturated heterocycles. The van der Waals surface area contributed by atoms with Crippen LogP contribution < -0.4 is 5.32 Å². The van der Waals surface area contributed by atoms with E-state index in [0.29, 0.717) is 0 Å². The Balaban J connectivity index is 1.94. The number of aromatic nitrogens is 3. The van der Waals surface area contributed by atoms with Crippen LogP contribution in [0, 0.1) is 6.92 Å². The zero-order chi connectivity index (χ0) is 18.1. The second kappa shape index (κ2) is 7.45. The number of fused-ring (bicyclic) bond motifs is 1. The van der Waals surface area contributed by atoms with Crippen molar-refractivity contribution in [1.29, 1.82) is 0 Å². The predicted molar refractivity (Wildman–Crippen MR) is 113 cm³/mol. The van der Waals surface area contributed by atoms with E-state index in [4.69, 9.17) is 5.10 Å². The molecule has 26 heavy (non-hydrogen) atoms. The molecule has 3 aromatic rings. The molecule has 0 saturated carbocycles. The molecule has 0 bridgehead atoms. The molecular formula is C20H21BrN4S. The molecule has 4 nitrogen and oxygen atoms in total. The maximum absolute atomic E-state index is 4.91. The van der Waals surface area contributed by atoms with Gasteiger partial charge in [0.15, 0.2) is 0 Å². The Bertz CT molecular complexity index is 923. The predicted octanol–water partition coefficient (Wildman–Crippen LogP) is 5.28. The number of benzene rings is 1. The van der Waals surface area contributed by atoms with Crippen molar-refractivity contribution < 1.29 is 0 Å². The number of hydrogen-bond donors (Lipinski definition) is 1. The van der Waals surface area contributed by atoms with Gasteiger partial charge in [0, 0.05) is 35.1 Å². The SMILES string of the molecule is CCn1nc(-c2ccccn2)c2c1NCCSC2c1ccc(Br)cc1C. The van der Waals surface area contributed by atoms with Crippen LogP contribution in [0.2, 0.25) is 0 Å². The largest absolute Gasteiger partial charge is 0.369 e. The number of pyridine rings is 1. The number of nitrogens with one attached hydrogen (secondary N) is 1.